The minimum Gasteiger partial charge on any atom is -0.495 e. The standard InChI is InChI=1S/C18H20ClNO3/c1-4-16(23-14-7-5-6-12(2)10-14)18(21)20-15-11-13(19)8-9-17(15)22-3/h5-11,16H,4H2,1-3H3,(H,20,21)/t16-/m0/s1. The summed E-state index contributed by atoms with van der Waals surface area (Å²) in [6, 6.07) is 12.7. The number of benzene rings is 2. The summed E-state index contributed by atoms with van der Waals surface area (Å²) in [4.78, 5) is 12.5. The Morgan fingerprint density at radius 1 is 1.26 bits per heavy atom. The molecule has 0 aliphatic carbocycles. The van der Waals surface area contributed by atoms with Crippen molar-refractivity contribution in [2.75, 3.05) is 12.4 Å². The van der Waals surface area contributed by atoms with E-state index in [1.807, 2.05) is 38.1 Å². The molecule has 0 bridgehead atoms. The van der Waals surface area contributed by atoms with Gasteiger partial charge in [-0.3, -0.25) is 4.79 Å². The molecule has 122 valence electrons. The number of amides is 1. The SMILES string of the molecule is CC[C@H](Oc1cccc(C)c1)C(=O)Nc1cc(Cl)ccc1OC. The van der Waals surface area contributed by atoms with Gasteiger partial charge in [0, 0.05) is 5.02 Å². The van der Waals surface area contributed by atoms with Crippen LogP contribution in [0.4, 0.5) is 5.69 Å². The average Bonchev–Trinajstić information content (AvgIpc) is 2.53. The first-order chi connectivity index (χ1) is 11.0. The summed E-state index contributed by atoms with van der Waals surface area (Å²) in [5, 5.41) is 3.34. The van der Waals surface area contributed by atoms with Gasteiger partial charge in [0.25, 0.3) is 5.91 Å². The van der Waals surface area contributed by atoms with Crippen LogP contribution in [0.2, 0.25) is 5.02 Å². The van der Waals surface area contributed by atoms with Gasteiger partial charge in [-0.2, -0.15) is 0 Å². The van der Waals surface area contributed by atoms with E-state index >= 15 is 0 Å². The normalized spacial score (nSPS) is 11.7. The first-order valence-corrected chi connectivity index (χ1v) is 7.79. The number of carbonyl (C=O) groups is 1. The van der Waals surface area contributed by atoms with Gasteiger partial charge >= 0.3 is 0 Å². The van der Waals surface area contributed by atoms with E-state index in [9.17, 15) is 4.79 Å². The molecule has 4 nitrogen and oxygen atoms in total. The molecule has 0 aromatic heterocycles. The number of methoxy groups -OCH3 is 1. The van der Waals surface area contributed by atoms with Crippen LogP contribution in [-0.4, -0.2) is 19.1 Å². The smallest absolute Gasteiger partial charge is 0.265 e. The zero-order valence-corrected chi connectivity index (χ0v) is 14.2. The Bertz CT molecular complexity index is 688. The fourth-order valence-corrected chi connectivity index (χ4v) is 2.34. The van der Waals surface area contributed by atoms with Crippen molar-refractivity contribution in [2.45, 2.75) is 26.4 Å². The Kier molecular flexibility index (Phi) is 5.88. The molecule has 0 spiro atoms. The van der Waals surface area contributed by atoms with E-state index < -0.39 is 6.10 Å². The number of aryl methyl sites for hydroxylation is 1. The molecule has 0 saturated heterocycles. The van der Waals surface area contributed by atoms with Crippen LogP contribution in [0, 0.1) is 6.92 Å². The highest BCUT2D eigenvalue weighted by atomic mass is 35.5. The zero-order chi connectivity index (χ0) is 16.8. The lowest BCUT2D eigenvalue weighted by Gasteiger charge is -2.18. The molecule has 0 heterocycles. The maximum Gasteiger partial charge on any atom is 0.265 e. The fraction of sp³-hybridized carbons (Fsp3) is 0.278. The average molecular weight is 334 g/mol. The van der Waals surface area contributed by atoms with E-state index in [4.69, 9.17) is 21.1 Å². The summed E-state index contributed by atoms with van der Waals surface area (Å²) in [7, 11) is 1.54. The van der Waals surface area contributed by atoms with E-state index in [-0.39, 0.29) is 5.91 Å². The fourth-order valence-electron chi connectivity index (χ4n) is 2.17. The van der Waals surface area contributed by atoms with Gasteiger partial charge in [-0.1, -0.05) is 30.7 Å². The number of carbonyl (C=O) groups excluding carboxylic acids is 1. The van der Waals surface area contributed by atoms with Crippen molar-refractivity contribution >= 4 is 23.2 Å². The molecule has 0 aliphatic heterocycles. The van der Waals surface area contributed by atoms with Crippen LogP contribution in [-0.2, 0) is 4.79 Å². The molecule has 5 heteroatoms. The Labute approximate surface area is 141 Å². The van der Waals surface area contributed by atoms with Gasteiger partial charge < -0.3 is 14.8 Å². The van der Waals surface area contributed by atoms with E-state index in [0.717, 1.165) is 5.56 Å². The molecule has 2 aromatic carbocycles. The van der Waals surface area contributed by atoms with Gasteiger partial charge in [-0.25, -0.2) is 0 Å². The van der Waals surface area contributed by atoms with Crippen LogP contribution in [0.5, 0.6) is 11.5 Å². The quantitative estimate of drug-likeness (QED) is 0.849. The van der Waals surface area contributed by atoms with Crippen molar-refractivity contribution in [1.29, 1.82) is 0 Å². The van der Waals surface area contributed by atoms with Crippen molar-refractivity contribution < 1.29 is 14.3 Å². The first kappa shape index (κ1) is 17.2. The molecule has 0 radical (unpaired) electrons. The predicted molar refractivity (Wildman–Crippen MR) is 92.5 cm³/mol. The topological polar surface area (TPSA) is 47.6 Å². The number of ether oxygens (including phenoxy) is 2. The second-order valence-corrected chi connectivity index (χ2v) is 5.60. The van der Waals surface area contributed by atoms with Crippen LogP contribution in [0.15, 0.2) is 42.5 Å². The lowest BCUT2D eigenvalue weighted by atomic mass is 10.2. The largest absolute Gasteiger partial charge is 0.495 e. The zero-order valence-electron chi connectivity index (χ0n) is 13.4. The van der Waals surface area contributed by atoms with Crippen LogP contribution in [0.25, 0.3) is 0 Å². The number of rotatable bonds is 6. The molecular weight excluding hydrogens is 314 g/mol. The molecule has 2 aromatic rings. The predicted octanol–water partition coefficient (Wildman–Crippen LogP) is 4.45. The van der Waals surface area contributed by atoms with Crippen molar-refractivity contribution in [3.63, 3.8) is 0 Å². The summed E-state index contributed by atoms with van der Waals surface area (Å²) in [5.74, 6) is 0.979. The van der Waals surface area contributed by atoms with E-state index in [2.05, 4.69) is 5.32 Å². The van der Waals surface area contributed by atoms with Gasteiger partial charge in [0.1, 0.15) is 11.5 Å². The van der Waals surface area contributed by atoms with Crippen LogP contribution in [0.1, 0.15) is 18.9 Å². The van der Waals surface area contributed by atoms with Gasteiger partial charge in [-0.05, 0) is 49.2 Å². The molecule has 23 heavy (non-hydrogen) atoms. The lowest BCUT2D eigenvalue weighted by molar-refractivity contribution is -0.122. The number of hydrogen-bond acceptors (Lipinski definition) is 3. The van der Waals surface area contributed by atoms with Crippen LogP contribution in [0.3, 0.4) is 0 Å². The number of hydrogen-bond donors (Lipinski definition) is 1. The van der Waals surface area contributed by atoms with Crippen molar-refractivity contribution in [2.24, 2.45) is 0 Å². The summed E-state index contributed by atoms with van der Waals surface area (Å²) in [5.41, 5.74) is 1.60. The summed E-state index contributed by atoms with van der Waals surface area (Å²) in [6.45, 7) is 3.87. The highest BCUT2D eigenvalue weighted by molar-refractivity contribution is 6.31. The van der Waals surface area contributed by atoms with E-state index in [1.165, 1.54) is 0 Å². The number of anilines is 1. The van der Waals surface area contributed by atoms with Crippen LogP contribution < -0.4 is 14.8 Å². The molecule has 1 N–H and O–H groups in total. The van der Waals surface area contributed by atoms with Crippen LogP contribution >= 0.6 is 11.6 Å². The first-order valence-electron chi connectivity index (χ1n) is 7.41. The highest BCUT2D eigenvalue weighted by Gasteiger charge is 2.20. The van der Waals surface area contributed by atoms with Crippen molar-refractivity contribution in [3.8, 4) is 11.5 Å². The van der Waals surface area contributed by atoms with E-state index in [0.29, 0.717) is 28.6 Å². The third-order valence-corrected chi connectivity index (χ3v) is 3.59. The highest BCUT2D eigenvalue weighted by Crippen LogP contribution is 2.28. The summed E-state index contributed by atoms with van der Waals surface area (Å²) in [6.07, 6.45) is -0.0525. The maximum atomic E-state index is 12.5. The van der Waals surface area contributed by atoms with Crippen molar-refractivity contribution in [1.82, 2.24) is 0 Å². The summed E-state index contributed by atoms with van der Waals surface area (Å²) >= 11 is 5.98. The molecule has 2 rings (SSSR count). The van der Waals surface area contributed by atoms with E-state index in [1.54, 1.807) is 25.3 Å². The van der Waals surface area contributed by atoms with Gasteiger partial charge in [0.05, 0.1) is 12.8 Å². The Hall–Kier alpha value is -2.20. The second-order valence-electron chi connectivity index (χ2n) is 5.17. The molecule has 1 amide bonds. The van der Waals surface area contributed by atoms with Gasteiger partial charge in [0.15, 0.2) is 6.10 Å². The molecule has 0 fully saturated rings. The lowest BCUT2D eigenvalue weighted by Crippen LogP contribution is -2.32. The monoisotopic (exact) mass is 333 g/mol. The summed E-state index contributed by atoms with van der Waals surface area (Å²) < 4.78 is 11.0. The minimum absolute atomic E-state index is 0.241. The Morgan fingerprint density at radius 2 is 2.04 bits per heavy atom. The second kappa shape index (κ2) is 7.88. The number of halogens is 1. The molecule has 1 atom stereocenters. The molecule has 0 saturated carbocycles. The minimum atomic E-state index is -0.597. The Balaban J connectivity index is 2.13. The number of nitrogens with one attached hydrogen (secondary N) is 1. The van der Waals surface area contributed by atoms with Crippen molar-refractivity contribution in [3.05, 3.63) is 53.1 Å². The Morgan fingerprint density at radius 3 is 2.70 bits per heavy atom. The maximum absolute atomic E-state index is 12.5. The molecule has 0 unspecified atom stereocenters. The molecule has 0 aliphatic rings. The third kappa shape index (κ3) is 4.63. The van der Waals surface area contributed by atoms with Gasteiger partial charge in [-0.15, -0.1) is 0 Å². The third-order valence-electron chi connectivity index (χ3n) is 3.35. The molecular formula is C18H20ClNO3. The van der Waals surface area contributed by atoms with Gasteiger partial charge in [0.2, 0.25) is 0 Å².